The largest absolute Gasteiger partial charge is 0.342 e. The molecule has 0 atom stereocenters. The summed E-state index contributed by atoms with van der Waals surface area (Å²) in [7, 11) is 0. The zero-order chi connectivity index (χ0) is 18.3. The van der Waals surface area contributed by atoms with Crippen molar-refractivity contribution in [2.45, 2.75) is 19.8 Å². The summed E-state index contributed by atoms with van der Waals surface area (Å²) < 4.78 is 26.9. The van der Waals surface area contributed by atoms with Crippen LogP contribution < -0.4 is 5.32 Å². The number of nitrogens with zero attached hydrogens (tertiary/aromatic N) is 2. The van der Waals surface area contributed by atoms with Gasteiger partial charge in [0.15, 0.2) is 11.6 Å². The van der Waals surface area contributed by atoms with E-state index in [0.717, 1.165) is 30.5 Å². The SMILES string of the molecule is Cc1nc(-c2ccc(F)c(F)c2)c(-c2ccnc(NC(=O)C3CC3)c2)[nH]1. The number of nitrogens with one attached hydrogen (secondary N) is 2. The summed E-state index contributed by atoms with van der Waals surface area (Å²) in [5, 5.41) is 2.80. The molecule has 2 N–H and O–H groups in total. The van der Waals surface area contributed by atoms with Gasteiger partial charge in [-0.3, -0.25) is 4.79 Å². The predicted molar refractivity (Wildman–Crippen MR) is 93.3 cm³/mol. The third-order valence-corrected chi connectivity index (χ3v) is 4.26. The van der Waals surface area contributed by atoms with E-state index in [4.69, 9.17) is 0 Å². The zero-order valence-corrected chi connectivity index (χ0v) is 14.0. The van der Waals surface area contributed by atoms with Crippen molar-refractivity contribution in [3.05, 3.63) is 54.0 Å². The highest BCUT2D eigenvalue weighted by Gasteiger charge is 2.29. The molecule has 1 amide bonds. The van der Waals surface area contributed by atoms with Crippen molar-refractivity contribution in [1.29, 1.82) is 0 Å². The zero-order valence-electron chi connectivity index (χ0n) is 14.0. The Morgan fingerprint density at radius 1 is 1.15 bits per heavy atom. The maximum absolute atomic E-state index is 13.6. The lowest BCUT2D eigenvalue weighted by Gasteiger charge is -2.07. The highest BCUT2D eigenvalue weighted by atomic mass is 19.2. The van der Waals surface area contributed by atoms with E-state index in [1.54, 1.807) is 25.3 Å². The number of rotatable bonds is 4. The first kappa shape index (κ1) is 16.4. The Kier molecular flexibility index (Phi) is 3.99. The van der Waals surface area contributed by atoms with E-state index in [-0.39, 0.29) is 11.8 Å². The number of halogens is 2. The van der Waals surface area contributed by atoms with Crippen LogP contribution >= 0.6 is 0 Å². The van der Waals surface area contributed by atoms with Crippen LogP contribution in [-0.4, -0.2) is 20.9 Å². The average Bonchev–Trinajstić information content (AvgIpc) is 3.40. The van der Waals surface area contributed by atoms with E-state index in [1.807, 2.05) is 0 Å². The fraction of sp³-hybridized carbons (Fsp3) is 0.211. The molecule has 7 heteroatoms. The number of anilines is 1. The van der Waals surface area contributed by atoms with Crippen molar-refractivity contribution in [2.75, 3.05) is 5.32 Å². The summed E-state index contributed by atoms with van der Waals surface area (Å²) in [5.74, 6) is -0.704. The monoisotopic (exact) mass is 354 g/mol. The van der Waals surface area contributed by atoms with Crippen LogP contribution in [0.1, 0.15) is 18.7 Å². The molecule has 0 radical (unpaired) electrons. The molecule has 0 spiro atoms. The van der Waals surface area contributed by atoms with Gasteiger partial charge in [0, 0.05) is 23.2 Å². The molecule has 0 aliphatic heterocycles. The minimum absolute atomic E-state index is 0.0312. The van der Waals surface area contributed by atoms with Crippen LogP contribution in [0, 0.1) is 24.5 Å². The number of H-pyrrole nitrogens is 1. The van der Waals surface area contributed by atoms with E-state index < -0.39 is 11.6 Å². The van der Waals surface area contributed by atoms with Crippen LogP contribution in [-0.2, 0) is 4.79 Å². The van der Waals surface area contributed by atoms with Gasteiger partial charge >= 0.3 is 0 Å². The third kappa shape index (κ3) is 3.20. The molecule has 0 bridgehead atoms. The van der Waals surface area contributed by atoms with Gasteiger partial charge in [-0.2, -0.15) is 0 Å². The van der Waals surface area contributed by atoms with Crippen molar-refractivity contribution >= 4 is 11.7 Å². The number of pyridine rings is 1. The predicted octanol–water partition coefficient (Wildman–Crippen LogP) is 4.07. The lowest BCUT2D eigenvalue weighted by atomic mass is 10.1. The van der Waals surface area contributed by atoms with Gasteiger partial charge < -0.3 is 10.3 Å². The number of carbonyl (C=O) groups excluding carboxylic acids is 1. The van der Waals surface area contributed by atoms with E-state index in [0.29, 0.717) is 28.6 Å². The van der Waals surface area contributed by atoms with Crippen molar-refractivity contribution < 1.29 is 13.6 Å². The van der Waals surface area contributed by atoms with Crippen LogP contribution in [0.4, 0.5) is 14.6 Å². The smallest absolute Gasteiger partial charge is 0.228 e. The van der Waals surface area contributed by atoms with E-state index in [1.165, 1.54) is 6.07 Å². The van der Waals surface area contributed by atoms with Crippen LogP contribution in [0.15, 0.2) is 36.5 Å². The summed E-state index contributed by atoms with van der Waals surface area (Å²) in [6, 6.07) is 7.17. The third-order valence-electron chi connectivity index (χ3n) is 4.26. The average molecular weight is 354 g/mol. The molecule has 1 fully saturated rings. The van der Waals surface area contributed by atoms with Crippen molar-refractivity contribution in [2.24, 2.45) is 5.92 Å². The Bertz CT molecular complexity index is 995. The van der Waals surface area contributed by atoms with E-state index in [2.05, 4.69) is 20.3 Å². The Balaban J connectivity index is 1.71. The van der Waals surface area contributed by atoms with Crippen molar-refractivity contribution in [1.82, 2.24) is 15.0 Å². The van der Waals surface area contributed by atoms with Gasteiger partial charge in [0.05, 0.1) is 11.4 Å². The second-order valence-electron chi connectivity index (χ2n) is 6.37. The van der Waals surface area contributed by atoms with Crippen LogP contribution in [0.3, 0.4) is 0 Å². The van der Waals surface area contributed by atoms with E-state index in [9.17, 15) is 13.6 Å². The minimum Gasteiger partial charge on any atom is -0.342 e. The first-order valence-corrected chi connectivity index (χ1v) is 8.30. The maximum Gasteiger partial charge on any atom is 0.228 e. The van der Waals surface area contributed by atoms with Gasteiger partial charge in [-0.25, -0.2) is 18.7 Å². The summed E-state index contributed by atoms with van der Waals surface area (Å²) in [6.07, 6.45) is 3.40. The highest BCUT2D eigenvalue weighted by Crippen LogP contribution is 2.33. The molecule has 0 unspecified atom stereocenters. The van der Waals surface area contributed by atoms with Gasteiger partial charge in [0.2, 0.25) is 5.91 Å². The molecule has 26 heavy (non-hydrogen) atoms. The number of hydrogen-bond acceptors (Lipinski definition) is 3. The minimum atomic E-state index is -0.929. The Labute approximate surface area is 148 Å². The number of aromatic nitrogens is 3. The number of imidazole rings is 1. The normalized spacial score (nSPS) is 13.7. The van der Waals surface area contributed by atoms with Crippen molar-refractivity contribution in [3.63, 3.8) is 0 Å². The Morgan fingerprint density at radius 3 is 2.69 bits per heavy atom. The number of benzene rings is 1. The number of aromatic amines is 1. The highest BCUT2D eigenvalue weighted by molar-refractivity contribution is 5.94. The molecule has 4 rings (SSSR count). The molecule has 2 aromatic heterocycles. The molecule has 1 saturated carbocycles. The van der Waals surface area contributed by atoms with Gasteiger partial charge in [0.1, 0.15) is 11.6 Å². The fourth-order valence-electron chi connectivity index (χ4n) is 2.78. The summed E-state index contributed by atoms with van der Waals surface area (Å²) in [6.45, 7) is 1.78. The molecule has 1 aliphatic carbocycles. The van der Waals surface area contributed by atoms with Crippen LogP contribution in [0.5, 0.6) is 0 Å². The Hall–Kier alpha value is -3.09. The molecule has 2 heterocycles. The maximum atomic E-state index is 13.6. The second kappa shape index (κ2) is 6.33. The molecule has 1 aliphatic rings. The van der Waals surface area contributed by atoms with Crippen molar-refractivity contribution in [3.8, 4) is 22.5 Å². The Morgan fingerprint density at radius 2 is 1.96 bits per heavy atom. The van der Waals surface area contributed by atoms with Crippen LogP contribution in [0.25, 0.3) is 22.5 Å². The summed E-state index contributed by atoms with van der Waals surface area (Å²) >= 11 is 0. The molecular formula is C19H16F2N4O. The number of aryl methyl sites for hydroxylation is 1. The summed E-state index contributed by atoms with van der Waals surface area (Å²) in [5.41, 5.74) is 2.36. The second-order valence-corrected chi connectivity index (χ2v) is 6.37. The standard InChI is InChI=1S/C19H16F2N4O/c1-10-23-17(12-4-5-14(20)15(21)8-12)18(24-10)13-6-7-22-16(9-13)25-19(26)11-2-3-11/h4-9,11H,2-3H2,1H3,(H,23,24)(H,22,25,26). The topological polar surface area (TPSA) is 70.7 Å². The molecular weight excluding hydrogens is 338 g/mol. The molecule has 5 nitrogen and oxygen atoms in total. The van der Waals surface area contributed by atoms with Gasteiger partial charge in [-0.1, -0.05) is 0 Å². The lowest BCUT2D eigenvalue weighted by molar-refractivity contribution is -0.117. The van der Waals surface area contributed by atoms with Gasteiger partial charge in [0.25, 0.3) is 0 Å². The van der Waals surface area contributed by atoms with E-state index >= 15 is 0 Å². The molecule has 3 aromatic rings. The molecule has 1 aromatic carbocycles. The molecule has 0 saturated heterocycles. The van der Waals surface area contributed by atoms with Gasteiger partial charge in [-0.15, -0.1) is 0 Å². The summed E-state index contributed by atoms with van der Waals surface area (Å²) in [4.78, 5) is 23.7. The first-order valence-electron chi connectivity index (χ1n) is 8.30. The number of carbonyl (C=O) groups is 1. The quantitative estimate of drug-likeness (QED) is 0.742. The fourth-order valence-corrected chi connectivity index (χ4v) is 2.78. The first-order chi connectivity index (χ1) is 12.5. The van der Waals surface area contributed by atoms with Crippen LogP contribution in [0.2, 0.25) is 0 Å². The number of amides is 1. The number of hydrogen-bond donors (Lipinski definition) is 2. The van der Waals surface area contributed by atoms with Gasteiger partial charge in [-0.05, 0) is 50.1 Å². The molecule has 132 valence electrons. The lowest BCUT2D eigenvalue weighted by Crippen LogP contribution is -2.14.